The van der Waals surface area contributed by atoms with Crippen LogP contribution in [0.5, 0.6) is 0 Å². The van der Waals surface area contributed by atoms with Gasteiger partial charge in [-0.2, -0.15) is 0 Å². The van der Waals surface area contributed by atoms with Crippen LogP contribution in [0.3, 0.4) is 0 Å². The molecule has 0 saturated heterocycles. The van der Waals surface area contributed by atoms with Gasteiger partial charge in [-0.05, 0) is 18.8 Å². The van der Waals surface area contributed by atoms with Gasteiger partial charge in [0.05, 0.1) is 6.61 Å². The molecule has 84 valence electrons. The van der Waals surface area contributed by atoms with Crippen LogP contribution in [0.4, 0.5) is 0 Å². The van der Waals surface area contributed by atoms with Gasteiger partial charge in [-0.1, -0.05) is 33.6 Å². The van der Waals surface area contributed by atoms with Gasteiger partial charge in [0, 0.05) is 0 Å². The first-order chi connectivity index (χ1) is 6.61. The number of hydrogen-bond donors (Lipinski definition) is 1. The molecule has 0 aliphatic carbocycles. The average molecular weight is 201 g/mol. The average Bonchev–Trinajstić information content (AvgIpc) is 2.15. The van der Waals surface area contributed by atoms with Crippen molar-refractivity contribution >= 4 is 5.97 Å². The van der Waals surface area contributed by atoms with E-state index in [2.05, 4.69) is 13.8 Å². The van der Waals surface area contributed by atoms with Crippen LogP contribution in [0.1, 0.15) is 46.5 Å². The summed E-state index contributed by atoms with van der Waals surface area (Å²) in [5.41, 5.74) is 5.61. The number of nitrogens with two attached hydrogens (primary N) is 1. The van der Waals surface area contributed by atoms with E-state index in [1.165, 1.54) is 0 Å². The fourth-order valence-corrected chi connectivity index (χ4v) is 1.34. The molecule has 0 aromatic rings. The summed E-state index contributed by atoms with van der Waals surface area (Å²) in [6, 6.07) is -0.436. The number of hydrogen-bond acceptors (Lipinski definition) is 3. The normalized spacial score (nSPS) is 14.9. The fourth-order valence-electron chi connectivity index (χ4n) is 1.34. The summed E-state index contributed by atoms with van der Waals surface area (Å²) in [6.45, 7) is 6.72. The van der Waals surface area contributed by atoms with Gasteiger partial charge in [0.15, 0.2) is 0 Å². The topological polar surface area (TPSA) is 52.3 Å². The largest absolute Gasteiger partial charge is 0.464 e. The van der Waals surface area contributed by atoms with Crippen molar-refractivity contribution in [2.24, 2.45) is 11.7 Å². The highest BCUT2D eigenvalue weighted by Gasteiger charge is 2.14. The second-order valence-electron chi connectivity index (χ2n) is 3.92. The van der Waals surface area contributed by atoms with E-state index >= 15 is 0 Å². The Kier molecular flexibility index (Phi) is 7.48. The minimum Gasteiger partial charge on any atom is -0.464 e. The Balaban J connectivity index is 3.61. The summed E-state index contributed by atoms with van der Waals surface area (Å²) in [7, 11) is 0. The smallest absolute Gasteiger partial charge is 0.322 e. The molecule has 0 radical (unpaired) electrons. The third-order valence-corrected chi connectivity index (χ3v) is 2.19. The maximum Gasteiger partial charge on any atom is 0.322 e. The molecule has 0 amide bonds. The SMILES string of the molecule is CCCC(C)COC(=O)[C@@H](N)CCC. The molecule has 0 aromatic carbocycles. The van der Waals surface area contributed by atoms with Crippen LogP contribution in [0.2, 0.25) is 0 Å². The van der Waals surface area contributed by atoms with Gasteiger partial charge in [0.2, 0.25) is 0 Å². The van der Waals surface area contributed by atoms with Crippen molar-refractivity contribution in [2.45, 2.75) is 52.5 Å². The highest BCUT2D eigenvalue weighted by Crippen LogP contribution is 2.06. The maximum absolute atomic E-state index is 11.3. The lowest BCUT2D eigenvalue weighted by Crippen LogP contribution is -2.32. The van der Waals surface area contributed by atoms with E-state index in [0.717, 1.165) is 19.3 Å². The molecule has 14 heavy (non-hydrogen) atoms. The van der Waals surface area contributed by atoms with Crippen LogP contribution in [-0.4, -0.2) is 18.6 Å². The second kappa shape index (κ2) is 7.80. The van der Waals surface area contributed by atoms with E-state index < -0.39 is 6.04 Å². The lowest BCUT2D eigenvalue weighted by molar-refractivity contribution is -0.146. The van der Waals surface area contributed by atoms with E-state index in [1.807, 2.05) is 6.92 Å². The van der Waals surface area contributed by atoms with E-state index in [0.29, 0.717) is 18.9 Å². The molecule has 0 aromatic heterocycles. The summed E-state index contributed by atoms with van der Waals surface area (Å²) in [4.78, 5) is 11.3. The van der Waals surface area contributed by atoms with Gasteiger partial charge in [-0.3, -0.25) is 4.79 Å². The molecule has 0 bridgehead atoms. The monoisotopic (exact) mass is 201 g/mol. The summed E-state index contributed by atoms with van der Waals surface area (Å²) >= 11 is 0. The van der Waals surface area contributed by atoms with Crippen LogP contribution < -0.4 is 5.73 Å². The molecule has 1 unspecified atom stereocenters. The summed E-state index contributed by atoms with van der Waals surface area (Å²) in [5.74, 6) is 0.188. The second-order valence-corrected chi connectivity index (χ2v) is 3.92. The molecule has 2 atom stereocenters. The molecular weight excluding hydrogens is 178 g/mol. The van der Waals surface area contributed by atoms with Crippen molar-refractivity contribution < 1.29 is 9.53 Å². The fraction of sp³-hybridized carbons (Fsp3) is 0.909. The van der Waals surface area contributed by atoms with Crippen molar-refractivity contribution in [3.8, 4) is 0 Å². The first-order valence-corrected chi connectivity index (χ1v) is 5.54. The summed E-state index contributed by atoms with van der Waals surface area (Å²) in [6.07, 6.45) is 3.85. The maximum atomic E-state index is 11.3. The molecule has 0 aliphatic heterocycles. The van der Waals surface area contributed by atoms with E-state index in [4.69, 9.17) is 10.5 Å². The van der Waals surface area contributed by atoms with Crippen molar-refractivity contribution in [2.75, 3.05) is 6.61 Å². The first kappa shape index (κ1) is 13.4. The van der Waals surface area contributed by atoms with Crippen LogP contribution in [0.15, 0.2) is 0 Å². The Morgan fingerprint density at radius 1 is 1.29 bits per heavy atom. The molecule has 3 heteroatoms. The zero-order valence-electron chi connectivity index (χ0n) is 9.58. The predicted octanol–water partition coefficient (Wildman–Crippen LogP) is 2.09. The molecule has 0 aliphatic rings. The number of carbonyl (C=O) groups is 1. The molecule has 0 fully saturated rings. The van der Waals surface area contributed by atoms with Crippen molar-refractivity contribution in [1.29, 1.82) is 0 Å². The van der Waals surface area contributed by atoms with Crippen LogP contribution in [-0.2, 0) is 9.53 Å². The molecule has 0 rings (SSSR count). The quantitative estimate of drug-likeness (QED) is 0.642. The number of ether oxygens (including phenoxy) is 1. The first-order valence-electron chi connectivity index (χ1n) is 5.54. The molecule has 0 spiro atoms. The predicted molar refractivity (Wildman–Crippen MR) is 57.9 cm³/mol. The third-order valence-electron chi connectivity index (χ3n) is 2.19. The zero-order chi connectivity index (χ0) is 11.0. The van der Waals surface area contributed by atoms with E-state index in [1.54, 1.807) is 0 Å². The lowest BCUT2D eigenvalue weighted by atomic mass is 10.1. The number of rotatable bonds is 7. The Bertz CT molecular complexity index is 159. The minimum absolute atomic E-state index is 0.255. The van der Waals surface area contributed by atoms with Crippen LogP contribution >= 0.6 is 0 Å². The van der Waals surface area contributed by atoms with Crippen molar-refractivity contribution in [3.63, 3.8) is 0 Å². The van der Waals surface area contributed by atoms with E-state index in [-0.39, 0.29) is 5.97 Å². The van der Waals surface area contributed by atoms with E-state index in [9.17, 15) is 4.79 Å². The van der Waals surface area contributed by atoms with Gasteiger partial charge in [0.1, 0.15) is 6.04 Å². The van der Waals surface area contributed by atoms with Crippen LogP contribution in [0.25, 0.3) is 0 Å². The molecule has 0 heterocycles. The van der Waals surface area contributed by atoms with Crippen LogP contribution in [0, 0.1) is 5.92 Å². The summed E-state index contributed by atoms with van der Waals surface area (Å²) in [5, 5.41) is 0. The minimum atomic E-state index is -0.436. The highest BCUT2D eigenvalue weighted by molar-refractivity contribution is 5.75. The molecular formula is C11H23NO2. The number of esters is 1. The Labute approximate surface area is 87.0 Å². The third kappa shape index (κ3) is 5.97. The Morgan fingerprint density at radius 3 is 2.36 bits per heavy atom. The van der Waals surface area contributed by atoms with Gasteiger partial charge >= 0.3 is 5.97 Å². The number of carbonyl (C=O) groups excluding carboxylic acids is 1. The molecule has 2 N–H and O–H groups in total. The van der Waals surface area contributed by atoms with Crippen molar-refractivity contribution in [3.05, 3.63) is 0 Å². The Morgan fingerprint density at radius 2 is 1.86 bits per heavy atom. The van der Waals surface area contributed by atoms with Gasteiger partial charge < -0.3 is 10.5 Å². The molecule has 3 nitrogen and oxygen atoms in total. The Hall–Kier alpha value is -0.570. The zero-order valence-corrected chi connectivity index (χ0v) is 9.58. The van der Waals surface area contributed by atoms with Crippen molar-refractivity contribution in [1.82, 2.24) is 0 Å². The highest BCUT2D eigenvalue weighted by atomic mass is 16.5. The molecule has 0 saturated carbocycles. The standard InChI is InChI=1S/C11H23NO2/c1-4-6-9(3)8-14-11(13)10(12)7-5-2/h9-10H,4-8,12H2,1-3H3/t9?,10-/m0/s1. The van der Waals surface area contributed by atoms with Gasteiger partial charge in [-0.15, -0.1) is 0 Å². The lowest BCUT2D eigenvalue weighted by Gasteiger charge is -2.13. The van der Waals surface area contributed by atoms with Gasteiger partial charge in [0.25, 0.3) is 0 Å². The summed E-state index contributed by atoms with van der Waals surface area (Å²) < 4.78 is 5.11. The van der Waals surface area contributed by atoms with Gasteiger partial charge in [-0.25, -0.2) is 0 Å².